The molecule has 0 fully saturated rings. The Bertz CT molecular complexity index is 653. The molecule has 0 aromatic heterocycles. The fraction of sp³-hybridized carbons (Fsp3) is 0.133. The van der Waals surface area contributed by atoms with E-state index in [0.717, 1.165) is 0 Å². The van der Waals surface area contributed by atoms with E-state index in [0.29, 0.717) is 5.56 Å². The topological polar surface area (TPSA) is 59.0 Å². The molecule has 2 aromatic rings. The van der Waals surface area contributed by atoms with Crippen molar-refractivity contribution in [3.05, 3.63) is 65.2 Å². The van der Waals surface area contributed by atoms with Crippen molar-refractivity contribution >= 4 is 0 Å². The van der Waals surface area contributed by atoms with E-state index in [1.807, 2.05) is 0 Å². The lowest BCUT2D eigenvalue weighted by Gasteiger charge is -2.18. The van der Waals surface area contributed by atoms with Crippen molar-refractivity contribution in [2.24, 2.45) is 5.73 Å². The molecule has 2 N–H and O–H groups in total. The lowest BCUT2D eigenvalue weighted by Crippen LogP contribution is -2.19. The van der Waals surface area contributed by atoms with Crippen molar-refractivity contribution in [2.75, 3.05) is 6.54 Å². The first-order chi connectivity index (χ1) is 9.65. The zero-order valence-corrected chi connectivity index (χ0v) is 10.5. The molecule has 1 unspecified atom stereocenters. The van der Waals surface area contributed by atoms with Gasteiger partial charge in [-0.2, -0.15) is 5.26 Å². The molecule has 0 saturated carbocycles. The quantitative estimate of drug-likeness (QED) is 0.932. The minimum Gasteiger partial charge on any atom is -0.483 e. The maximum atomic E-state index is 13.5. The van der Waals surface area contributed by atoms with Crippen LogP contribution in [0.1, 0.15) is 17.2 Å². The Labute approximate surface area is 115 Å². The van der Waals surface area contributed by atoms with Gasteiger partial charge in [-0.3, -0.25) is 0 Å². The third kappa shape index (κ3) is 2.92. The lowest BCUT2D eigenvalue weighted by atomic mass is 10.1. The average Bonchev–Trinajstić information content (AvgIpc) is 2.45. The smallest absolute Gasteiger partial charge is 0.144 e. The third-order valence-electron chi connectivity index (χ3n) is 2.79. The van der Waals surface area contributed by atoms with Gasteiger partial charge in [0.15, 0.2) is 0 Å². The first kappa shape index (κ1) is 14.0. The summed E-state index contributed by atoms with van der Waals surface area (Å²) in [5.74, 6) is -0.989. The molecule has 2 rings (SSSR count). The fourth-order valence-corrected chi connectivity index (χ4v) is 1.82. The predicted octanol–water partition coefficient (Wildman–Crippen LogP) is 2.92. The van der Waals surface area contributed by atoms with Crippen LogP contribution in [0.25, 0.3) is 0 Å². The summed E-state index contributed by atoms with van der Waals surface area (Å²) in [6, 6.07) is 11.6. The molecule has 0 aliphatic heterocycles. The average molecular weight is 274 g/mol. The highest BCUT2D eigenvalue weighted by Crippen LogP contribution is 2.26. The zero-order valence-electron chi connectivity index (χ0n) is 10.5. The van der Waals surface area contributed by atoms with Crippen molar-refractivity contribution in [2.45, 2.75) is 6.10 Å². The fourth-order valence-electron chi connectivity index (χ4n) is 1.82. The van der Waals surface area contributed by atoms with Crippen LogP contribution in [0.2, 0.25) is 0 Å². The van der Waals surface area contributed by atoms with Crippen molar-refractivity contribution in [1.29, 1.82) is 5.26 Å². The Balaban J connectivity index is 2.32. The molecule has 2 aromatic carbocycles. The SMILES string of the molecule is N#Cc1c(F)cccc1OC(CN)c1cccc(F)c1. The molecule has 0 aliphatic rings. The van der Waals surface area contributed by atoms with Gasteiger partial charge in [-0.25, -0.2) is 8.78 Å². The maximum Gasteiger partial charge on any atom is 0.144 e. The Kier molecular flexibility index (Phi) is 4.28. The second-order valence-corrected chi connectivity index (χ2v) is 4.12. The number of nitrogens with two attached hydrogens (primary N) is 1. The van der Waals surface area contributed by atoms with Crippen LogP contribution in [0.3, 0.4) is 0 Å². The molecule has 5 heteroatoms. The van der Waals surface area contributed by atoms with E-state index < -0.39 is 17.7 Å². The Hall–Kier alpha value is -2.45. The number of nitrogens with zero attached hydrogens (tertiary/aromatic N) is 1. The normalized spacial score (nSPS) is 11.7. The van der Waals surface area contributed by atoms with E-state index >= 15 is 0 Å². The van der Waals surface area contributed by atoms with Crippen molar-refractivity contribution in [1.82, 2.24) is 0 Å². The summed E-state index contributed by atoms with van der Waals surface area (Å²) in [4.78, 5) is 0. The standard InChI is InChI=1S/C15H12F2N2O/c16-11-4-1-3-10(7-11)15(9-19)20-14-6-2-5-13(17)12(14)8-18/h1-7,15H,9,19H2. The number of halogens is 2. The zero-order chi connectivity index (χ0) is 14.5. The van der Waals surface area contributed by atoms with Gasteiger partial charge in [-0.05, 0) is 29.8 Å². The molecule has 1 atom stereocenters. The third-order valence-corrected chi connectivity index (χ3v) is 2.79. The summed E-state index contributed by atoms with van der Waals surface area (Å²) in [5.41, 5.74) is 5.94. The van der Waals surface area contributed by atoms with Gasteiger partial charge in [0, 0.05) is 6.54 Å². The van der Waals surface area contributed by atoms with Crippen LogP contribution in [0.4, 0.5) is 8.78 Å². The highest BCUT2D eigenvalue weighted by molar-refractivity contribution is 5.44. The van der Waals surface area contributed by atoms with Gasteiger partial charge < -0.3 is 10.5 Å². The molecule has 0 spiro atoms. The number of hydrogen-bond donors (Lipinski definition) is 1. The number of ether oxygens (including phenoxy) is 1. The molecule has 102 valence electrons. The highest BCUT2D eigenvalue weighted by Gasteiger charge is 2.16. The van der Waals surface area contributed by atoms with Gasteiger partial charge in [0.2, 0.25) is 0 Å². The number of nitriles is 1. The lowest BCUT2D eigenvalue weighted by molar-refractivity contribution is 0.212. The molecule has 20 heavy (non-hydrogen) atoms. The molecule has 0 amide bonds. The molecule has 0 radical (unpaired) electrons. The van der Waals surface area contributed by atoms with Gasteiger partial charge in [0.1, 0.15) is 35.1 Å². The van der Waals surface area contributed by atoms with Gasteiger partial charge in [0.05, 0.1) is 0 Å². The summed E-state index contributed by atoms with van der Waals surface area (Å²) in [6.45, 7) is 0.0742. The number of benzene rings is 2. The first-order valence-corrected chi connectivity index (χ1v) is 5.96. The van der Waals surface area contributed by atoms with Crippen molar-refractivity contribution < 1.29 is 13.5 Å². The van der Waals surface area contributed by atoms with E-state index in [1.54, 1.807) is 12.1 Å². The molecule has 3 nitrogen and oxygen atoms in total. The maximum absolute atomic E-state index is 13.5. The van der Waals surface area contributed by atoms with Crippen LogP contribution in [0, 0.1) is 23.0 Å². The highest BCUT2D eigenvalue weighted by atomic mass is 19.1. The van der Waals surface area contributed by atoms with Gasteiger partial charge in [-0.15, -0.1) is 0 Å². The van der Waals surface area contributed by atoms with Crippen molar-refractivity contribution in [3.8, 4) is 11.8 Å². The van der Waals surface area contributed by atoms with Crippen LogP contribution >= 0.6 is 0 Å². The molecular formula is C15H12F2N2O. The van der Waals surface area contributed by atoms with Crippen LogP contribution in [0.15, 0.2) is 42.5 Å². The Morgan fingerprint density at radius 1 is 1.20 bits per heavy atom. The first-order valence-electron chi connectivity index (χ1n) is 5.96. The second-order valence-electron chi connectivity index (χ2n) is 4.12. The largest absolute Gasteiger partial charge is 0.483 e. The Morgan fingerprint density at radius 2 is 1.95 bits per heavy atom. The van der Waals surface area contributed by atoms with E-state index in [1.165, 1.54) is 36.4 Å². The molecule has 0 saturated heterocycles. The van der Waals surface area contributed by atoms with E-state index in [9.17, 15) is 8.78 Å². The monoisotopic (exact) mass is 274 g/mol. The van der Waals surface area contributed by atoms with Crippen LogP contribution in [-0.4, -0.2) is 6.54 Å². The Morgan fingerprint density at radius 3 is 2.60 bits per heavy atom. The number of hydrogen-bond acceptors (Lipinski definition) is 3. The van der Waals surface area contributed by atoms with E-state index in [-0.39, 0.29) is 17.9 Å². The summed E-state index contributed by atoms with van der Waals surface area (Å²) < 4.78 is 32.2. The summed E-state index contributed by atoms with van der Waals surface area (Å²) in [5, 5.41) is 8.94. The summed E-state index contributed by atoms with van der Waals surface area (Å²) in [6.07, 6.45) is -0.653. The second kappa shape index (κ2) is 6.13. The van der Waals surface area contributed by atoms with Crippen LogP contribution < -0.4 is 10.5 Å². The molecular weight excluding hydrogens is 262 g/mol. The van der Waals surface area contributed by atoms with Gasteiger partial charge in [-0.1, -0.05) is 18.2 Å². The van der Waals surface area contributed by atoms with E-state index in [2.05, 4.69) is 0 Å². The van der Waals surface area contributed by atoms with E-state index in [4.69, 9.17) is 15.7 Å². The minimum absolute atomic E-state index is 0.0742. The molecule has 0 bridgehead atoms. The minimum atomic E-state index is -0.667. The van der Waals surface area contributed by atoms with Crippen LogP contribution in [0.5, 0.6) is 5.75 Å². The molecule has 0 aliphatic carbocycles. The van der Waals surface area contributed by atoms with Crippen LogP contribution in [-0.2, 0) is 0 Å². The number of rotatable bonds is 4. The predicted molar refractivity (Wildman–Crippen MR) is 69.9 cm³/mol. The summed E-state index contributed by atoms with van der Waals surface area (Å²) in [7, 11) is 0. The molecule has 0 heterocycles. The summed E-state index contributed by atoms with van der Waals surface area (Å²) >= 11 is 0. The van der Waals surface area contributed by atoms with Crippen molar-refractivity contribution in [3.63, 3.8) is 0 Å². The van der Waals surface area contributed by atoms with Gasteiger partial charge >= 0.3 is 0 Å². The van der Waals surface area contributed by atoms with Gasteiger partial charge in [0.25, 0.3) is 0 Å².